The highest BCUT2D eigenvalue weighted by molar-refractivity contribution is 6.18. The summed E-state index contributed by atoms with van der Waals surface area (Å²) in [6, 6.07) is 0.691. The van der Waals surface area contributed by atoms with Crippen molar-refractivity contribution in [1.29, 1.82) is 0 Å². The monoisotopic (exact) mass is 233 g/mol. The topological polar surface area (TPSA) is 23.5 Å². The Bertz CT molecular complexity index is 160. The Morgan fingerprint density at radius 2 is 2.00 bits per heavy atom. The zero-order valence-electron chi connectivity index (χ0n) is 9.79. The van der Waals surface area contributed by atoms with Gasteiger partial charge in [0.15, 0.2) is 0 Å². The fraction of sp³-hybridized carbons (Fsp3) is 1.00. The number of aliphatic hydroxyl groups is 1. The van der Waals surface area contributed by atoms with Crippen molar-refractivity contribution >= 4 is 11.6 Å². The van der Waals surface area contributed by atoms with Gasteiger partial charge in [-0.25, -0.2) is 0 Å². The molecule has 0 spiro atoms. The van der Waals surface area contributed by atoms with Crippen LogP contribution in [-0.2, 0) is 0 Å². The minimum absolute atomic E-state index is 0.269. The predicted octanol–water partition coefficient (Wildman–Crippen LogP) is 2.49. The van der Waals surface area contributed by atoms with E-state index in [1.54, 1.807) is 0 Å². The molecule has 1 aliphatic rings. The average Bonchev–Trinajstić information content (AvgIpc) is 2.29. The Balaban J connectivity index is 2.39. The van der Waals surface area contributed by atoms with Crippen LogP contribution < -0.4 is 0 Å². The lowest BCUT2D eigenvalue weighted by atomic mass is 9.93. The van der Waals surface area contributed by atoms with E-state index < -0.39 is 0 Å². The van der Waals surface area contributed by atoms with Gasteiger partial charge in [0, 0.05) is 25.0 Å². The maximum Gasteiger partial charge on any atom is 0.0558 e. The van der Waals surface area contributed by atoms with E-state index in [1.807, 2.05) is 0 Å². The lowest BCUT2D eigenvalue weighted by Crippen LogP contribution is -2.41. The first-order valence-corrected chi connectivity index (χ1v) is 6.72. The minimum Gasteiger partial charge on any atom is -0.395 e. The van der Waals surface area contributed by atoms with E-state index in [0.29, 0.717) is 17.8 Å². The quantitative estimate of drug-likeness (QED) is 0.713. The predicted molar refractivity (Wildman–Crippen MR) is 65.4 cm³/mol. The number of hydrogen-bond acceptors (Lipinski definition) is 2. The molecule has 0 saturated heterocycles. The summed E-state index contributed by atoms with van der Waals surface area (Å²) in [5.41, 5.74) is 0. The summed E-state index contributed by atoms with van der Waals surface area (Å²) in [5, 5.41) is 9.08. The summed E-state index contributed by atoms with van der Waals surface area (Å²) in [6.45, 7) is 4.30. The van der Waals surface area contributed by atoms with Crippen LogP contribution in [0.1, 0.15) is 39.0 Å². The third-order valence-corrected chi connectivity index (χ3v) is 3.81. The Morgan fingerprint density at radius 1 is 1.33 bits per heavy atom. The van der Waals surface area contributed by atoms with Gasteiger partial charge in [0.2, 0.25) is 0 Å². The smallest absolute Gasteiger partial charge is 0.0558 e. The average molecular weight is 234 g/mol. The van der Waals surface area contributed by atoms with Crippen LogP contribution in [0.25, 0.3) is 0 Å². The fourth-order valence-electron chi connectivity index (χ4n) is 2.45. The molecule has 15 heavy (non-hydrogen) atoms. The Hall–Kier alpha value is 0.210. The molecule has 1 saturated carbocycles. The summed E-state index contributed by atoms with van der Waals surface area (Å²) in [7, 11) is 0. The first kappa shape index (κ1) is 13.3. The minimum atomic E-state index is 0.269. The number of alkyl halides is 1. The second-order valence-corrected chi connectivity index (χ2v) is 5.08. The normalized spacial score (nSPS) is 20.8. The van der Waals surface area contributed by atoms with Gasteiger partial charge in [0.05, 0.1) is 6.61 Å². The highest BCUT2D eigenvalue weighted by Crippen LogP contribution is 2.23. The van der Waals surface area contributed by atoms with Crippen molar-refractivity contribution in [3.05, 3.63) is 0 Å². The van der Waals surface area contributed by atoms with Crippen molar-refractivity contribution in [2.75, 3.05) is 25.6 Å². The number of rotatable bonds is 6. The molecule has 0 amide bonds. The van der Waals surface area contributed by atoms with Crippen LogP contribution in [0.5, 0.6) is 0 Å². The summed E-state index contributed by atoms with van der Waals surface area (Å²) in [5.74, 6) is 1.24. The van der Waals surface area contributed by atoms with Crippen LogP contribution in [0.2, 0.25) is 0 Å². The molecule has 1 rings (SSSR count). The van der Waals surface area contributed by atoms with Gasteiger partial charge in [-0.3, -0.25) is 4.90 Å². The molecule has 0 heterocycles. The van der Waals surface area contributed by atoms with Crippen molar-refractivity contribution in [2.24, 2.45) is 5.92 Å². The summed E-state index contributed by atoms with van der Waals surface area (Å²) < 4.78 is 0. The molecule has 2 nitrogen and oxygen atoms in total. The molecule has 1 aliphatic carbocycles. The summed E-state index contributed by atoms with van der Waals surface area (Å²) >= 11 is 5.85. The van der Waals surface area contributed by atoms with E-state index in [-0.39, 0.29) is 6.61 Å². The molecular weight excluding hydrogens is 210 g/mol. The van der Waals surface area contributed by atoms with Crippen molar-refractivity contribution in [1.82, 2.24) is 4.90 Å². The third kappa shape index (κ3) is 4.71. The molecule has 0 aromatic rings. The zero-order valence-corrected chi connectivity index (χ0v) is 10.5. The van der Waals surface area contributed by atoms with Gasteiger partial charge in [-0.1, -0.05) is 26.2 Å². The molecule has 0 aromatic carbocycles. The van der Waals surface area contributed by atoms with Gasteiger partial charge >= 0.3 is 0 Å². The Kier molecular flexibility index (Phi) is 6.62. The van der Waals surface area contributed by atoms with Crippen molar-refractivity contribution < 1.29 is 5.11 Å². The largest absolute Gasteiger partial charge is 0.395 e. The molecule has 1 unspecified atom stereocenters. The Morgan fingerprint density at radius 3 is 2.53 bits per heavy atom. The van der Waals surface area contributed by atoms with Crippen molar-refractivity contribution in [3.8, 4) is 0 Å². The molecule has 1 atom stereocenters. The maximum absolute atomic E-state index is 9.08. The number of aliphatic hydroxyl groups excluding tert-OH is 1. The summed E-state index contributed by atoms with van der Waals surface area (Å²) in [6.07, 6.45) is 6.68. The molecule has 0 bridgehead atoms. The molecule has 90 valence electrons. The second kappa shape index (κ2) is 7.48. The number of halogens is 1. The highest BCUT2D eigenvalue weighted by Gasteiger charge is 2.21. The van der Waals surface area contributed by atoms with Gasteiger partial charge in [0.25, 0.3) is 0 Å². The van der Waals surface area contributed by atoms with Gasteiger partial charge < -0.3 is 5.11 Å². The zero-order chi connectivity index (χ0) is 11.1. The van der Waals surface area contributed by atoms with Gasteiger partial charge in [-0.2, -0.15) is 0 Å². The SMILES string of the molecule is CC(CCl)CN(CCO)C1CCCCC1. The molecule has 0 aromatic heterocycles. The lowest BCUT2D eigenvalue weighted by molar-refractivity contribution is 0.112. The van der Waals surface area contributed by atoms with E-state index in [1.165, 1.54) is 32.1 Å². The van der Waals surface area contributed by atoms with Crippen LogP contribution in [0.4, 0.5) is 0 Å². The molecule has 0 aliphatic heterocycles. The molecule has 0 radical (unpaired) electrons. The van der Waals surface area contributed by atoms with Gasteiger partial charge in [0.1, 0.15) is 0 Å². The lowest BCUT2D eigenvalue weighted by Gasteiger charge is -2.35. The Labute approximate surface area is 98.6 Å². The first-order chi connectivity index (χ1) is 7.27. The van der Waals surface area contributed by atoms with Crippen molar-refractivity contribution in [2.45, 2.75) is 45.1 Å². The van der Waals surface area contributed by atoms with E-state index in [0.717, 1.165) is 13.1 Å². The van der Waals surface area contributed by atoms with Crippen LogP contribution in [0, 0.1) is 5.92 Å². The van der Waals surface area contributed by atoms with Crippen LogP contribution in [0.3, 0.4) is 0 Å². The molecule has 1 N–H and O–H groups in total. The molecule has 3 heteroatoms. The fourth-order valence-corrected chi connectivity index (χ4v) is 2.54. The van der Waals surface area contributed by atoms with E-state index >= 15 is 0 Å². The number of nitrogens with zero attached hydrogens (tertiary/aromatic N) is 1. The van der Waals surface area contributed by atoms with E-state index in [4.69, 9.17) is 16.7 Å². The second-order valence-electron chi connectivity index (χ2n) is 4.77. The van der Waals surface area contributed by atoms with Gasteiger partial charge in [-0.05, 0) is 18.8 Å². The third-order valence-electron chi connectivity index (χ3n) is 3.29. The molecule has 1 fully saturated rings. The van der Waals surface area contributed by atoms with Crippen LogP contribution >= 0.6 is 11.6 Å². The highest BCUT2D eigenvalue weighted by atomic mass is 35.5. The standard InChI is InChI=1S/C12H24ClNO/c1-11(9-13)10-14(7-8-15)12-5-3-2-4-6-12/h11-12,15H,2-10H2,1H3. The molecular formula is C12H24ClNO. The number of hydrogen-bond donors (Lipinski definition) is 1. The van der Waals surface area contributed by atoms with Crippen LogP contribution in [0.15, 0.2) is 0 Å². The first-order valence-electron chi connectivity index (χ1n) is 6.18. The van der Waals surface area contributed by atoms with Crippen LogP contribution in [-0.4, -0.2) is 41.6 Å². The van der Waals surface area contributed by atoms with Gasteiger partial charge in [-0.15, -0.1) is 11.6 Å². The maximum atomic E-state index is 9.08. The summed E-state index contributed by atoms with van der Waals surface area (Å²) in [4.78, 5) is 2.44. The van der Waals surface area contributed by atoms with E-state index in [2.05, 4.69) is 11.8 Å². The van der Waals surface area contributed by atoms with E-state index in [9.17, 15) is 0 Å². The van der Waals surface area contributed by atoms with Crippen molar-refractivity contribution in [3.63, 3.8) is 0 Å².